The van der Waals surface area contributed by atoms with E-state index < -0.39 is 0 Å². The van der Waals surface area contributed by atoms with Gasteiger partial charge < -0.3 is 9.47 Å². The Bertz CT molecular complexity index is 654. The van der Waals surface area contributed by atoms with Gasteiger partial charge in [0, 0.05) is 5.56 Å². The Morgan fingerprint density at radius 2 is 1.75 bits per heavy atom. The molecule has 0 radical (unpaired) electrons. The van der Waals surface area contributed by atoms with Gasteiger partial charge in [-0.2, -0.15) is 5.26 Å². The van der Waals surface area contributed by atoms with Crippen LogP contribution >= 0.6 is 0 Å². The monoisotopic (exact) mass is 265 g/mol. The maximum Gasteiger partial charge on any atom is 0.167 e. The molecule has 2 aromatic carbocycles. The number of nitrogens with zero attached hydrogens (tertiary/aromatic N) is 1. The van der Waals surface area contributed by atoms with E-state index in [-0.39, 0.29) is 0 Å². The Labute approximate surface area is 118 Å². The number of para-hydroxylation sites is 1. The molecule has 2 aromatic rings. The highest BCUT2D eigenvalue weighted by Crippen LogP contribution is 2.33. The van der Waals surface area contributed by atoms with Gasteiger partial charge in [-0.05, 0) is 17.7 Å². The number of methoxy groups -OCH3 is 2. The third-order valence-electron chi connectivity index (χ3n) is 2.94. The van der Waals surface area contributed by atoms with Crippen LogP contribution in [0.5, 0.6) is 11.5 Å². The molecule has 0 bridgehead atoms. The minimum Gasteiger partial charge on any atom is -0.493 e. The zero-order chi connectivity index (χ0) is 14.4. The van der Waals surface area contributed by atoms with Crippen LogP contribution in [0.15, 0.2) is 48.5 Å². The van der Waals surface area contributed by atoms with Crippen LogP contribution in [0.2, 0.25) is 0 Å². The molecule has 20 heavy (non-hydrogen) atoms. The summed E-state index contributed by atoms with van der Waals surface area (Å²) < 4.78 is 10.6. The van der Waals surface area contributed by atoms with Crippen LogP contribution < -0.4 is 9.47 Å². The third kappa shape index (κ3) is 2.81. The molecule has 0 N–H and O–H groups in total. The molecule has 0 atom stereocenters. The summed E-state index contributed by atoms with van der Waals surface area (Å²) in [6, 6.07) is 17.3. The van der Waals surface area contributed by atoms with Gasteiger partial charge in [0.1, 0.15) is 0 Å². The van der Waals surface area contributed by atoms with E-state index in [9.17, 15) is 5.26 Å². The molecule has 3 heteroatoms. The van der Waals surface area contributed by atoms with Gasteiger partial charge >= 0.3 is 0 Å². The number of hydrogen-bond donors (Lipinski definition) is 0. The summed E-state index contributed by atoms with van der Waals surface area (Å²) in [4.78, 5) is 0. The largest absolute Gasteiger partial charge is 0.493 e. The first-order valence-electron chi connectivity index (χ1n) is 6.18. The van der Waals surface area contributed by atoms with E-state index in [0.717, 1.165) is 11.1 Å². The topological polar surface area (TPSA) is 42.2 Å². The van der Waals surface area contributed by atoms with Crippen molar-refractivity contribution in [3.8, 4) is 17.6 Å². The Balaban J connectivity index is 2.51. The summed E-state index contributed by atoms with van der Waals surface area (Å²) in [6.07, 6.45) is 1.80. The number of ether oxygens (including phenoxy) is 2. The van der Waals surface area contributed by atoms with E-state index in [2.05, 4.69) is 6.07 Å². The van der Waals surface area contributed by atoms with Crippen molar-refractivity contribution in [3.05, 3.63) is 59.7 Å². The second-order valence-electron chi connectivity index (χ2n) is 4.12. The fraction of sp³-hybridized carbons (Fsp3) is 0.118. The van der Waals surface area contributed by atoms with Crippen LogP contribution in [-0.4, -0.2) is 14.2 Å². The second kappa shape index (κ2) is 6.44. The number of benzene rings is 2. The van der Waals surface area contributed by atoms with Crippen LogP contribution in [-0.2, 0) is 0 Å². The average molecular weight is 265 g/mol. The van der Waals surface area contributed by atoms with E-state index in [0.29, 0.717) is 17.1 Å². The van der Waals surface area contributed by atoms with E-state index in [4.69, 9.17) is 9.47 Å². The minimum atomic E-state index is 0.581. The maximum absolute atomic E-state index is 9.34. The van der Waals surface area contributed by atoms with Crippen molar-refractivity contribution in [2.45, 2.75) is 0 Å². The minimum absolute atomic E-state index is 0.581. The number of allylic oxidation sites excluding steroid dienone is 1. The molecule has 0 amide bonds. The third-order valence-corrected chi connectivity index (χ3v) is 2.94. The van der Waals surface area contributed by atoms with Crippen molar-refractivity contribution >= 4 is 11.6 Å². The first kappa shape index (κ1) is 13.7. The lowest BCUT2D eigenvalue weighted by molar-refractivity contribution is 0.354. The molecular formula is C17H15NO2. The average Bonchev–Trinajstić information content (AvgIpc) is 2.52. The lowest BCUT2D eigenvalue weighted by atomic mass is 10.0. The van der Waals surface area contributed by atoms with Crippen molar-refractivity contribution in [2.24, 2.45) is 0 Å². The van der Waals surface area contributed by atoms with Gasteiger partial charge in [0.25, 0.3) is 0 Å². The van der Waals surface area contributed by atoms with Gasteiger partial charge in [-0.3, -0.25) is 0 Å². The van der Waals surface area contributed by atoms with Crippen molar-refractivity contribution in [1.29, 1.82) is 5.26 Å². The van der Waals surface area contributed by atoms with Gasteiger partial charge in [-0.15, -0.1) is 0 Å². The normalized spacial score (nSPS) is 10.8. The Morgan fingerprint density at radius 3 is 2.35 bits per heavy atom. The van der Waals surface area contributed by atoms with Gasteiger partial charge in [0.05, 0.1) is 25.9 Å². The summed E-state index contributed by atoms with van der Waals surface area (Å²) in [6.45, 7) is 0. The van der Waals surface area contributed by atoms with Crippen molar-refractivity contribution in [1.82, 2.24) is 0 Å². The van der Waals surface area contributed by atoms with Crippen LogP contribution in [0.1, 0.15) is 11.1 Å². The Hall–Kier alpha value is -2.73. The molecular weight excluding hydrogens is 250 g/mol. The molecule has 0 aliphatic heterocycles. The van der Waals surface area contributed by atoms with E-state index >= 15 is 0 Å². The van der Waals surface area contributed by atoms with E-state index in [1.54, 1.807) is 20.3 Å². The molecule has 0 saturated carbocycles. The fourth-order valence-corrected chi connectivity index (χ4v) is 1.98. The van der Waals surface area contributed by atoms with Crippen molar-refractivity contribution in [2.75, 3.05) is 14.2 Å². The molecule has 0 aliphatic carbocycles. The molecule has 0 aromatic heterocycles. The van der Waals surface area contributed by atoms with Crippen LogP contribution in [0.4, 0.5) is 0 Å². The van der Waals surface area contributed by atoms with Crippen LogP contribution in [0, 0.1) is 11.3 Å². The molecule has 0 fully saturated rings. The standard InChI is InChI=1S/C17H15NO2/c1-19-16-10-6-9-14(17(16)20-2)11-15(12-18)13-7-4-3-5-8-13/h3-11H,1-2H3/b15-11-. The van der Waals surface area contributed by atoms with Crippen molar-refractivity contribution < 1.29 is 9.47 Å². The number of hydrogen-bond acceptors (Lipinski definition) is 3. The van der Waals surface area contributed by atoms with E-state index in [1.165, 1.54) is 0 Å². The predicted octanol–water partition coefficient (Wildman–Crippen LogP) is 3.77. The Morgan fingerprint density at radius 1 is 1.00 bits per heavy atom. The fourth-order valence-electron chi connectivity index (χ4n) is 1.98. The second-order valence-corrected chi connectivity index (χ2v) is 4.12. The highest BCUT2D eigenvalue weighted by atomic mass is 16.5. The molecule has 0 unspecified atom stereocenters. The van der Waals surface area contributed by atoms with E-state index in [1.807, 2.05) is 48.5 Å². The first-order valence-corrected chi connectivity index (χ1v) is 6.18. The molecule has 3 nitrogen and oxygen atoms in total. The maximum atomic E-state index is 9.34. The lowest BCUT2D eigenvalue weighted by Crippen LogP contribution is -1.93. The summed E-state index contributed by atoms with van der Waals surface area (Å²) in [5.74, 6) is 1.27. The molecule has 0 aliphatic rings. The highest BCUT2D eigenvalue weighted by Gasteiger charge is 2.09. The number of rotatable bonds is 4. The summed E-state index contributed by atoms with van der Waals surface area (Å²) in [7, 11) is 3.18. The van der Waals surface area contributed by atoms with Crippen molar-refractivity contribution in [3.63, 3.8) is 0 Å². The Kier molecular flexibility index (Phi) is 4.41. The molecule has 0 saturated heterocycles. The summed E-state index contributed by atoms with van der Waals surface area (Å²) in [5.41, 5.74) is 2.27. The molecule has 100 valence electrons. The first-order chi connectivity index (χ1) is 9.80. The highest BCUT2D eigenvalue weighted by molar-refractivity contribution is 5.91. The van der Waals surface area contributed by atoms with Crippen LogP contribution in [0.25, 0.3) is 11.6 Å². The van der Waals surface area contributed by atoms with Gasteiger partial charge in [0.15, 0.2) is 11.5 Å². The molecule has 2 rings (SSSR count). The quantitative estimate of drug-likeness (QED) is 0.624. The van der Waals surface area contributed by atoms with Crippen LogP contribution in [0.3, 0.4) is 0 Å². The molecule has 0 heterocycles. The zero-order valence-corrected chi connectivity index (χ0v) is 11.5. The SMILES string of the molecule is COc1cccc(/C=C(/C#N)c2ccccc2)c1OC. The summed E-state index contributed by atoms with van der Waals surface area (Å²) >= 11 is 0. The summed E-state index contributed by atoms with van der Waals surface area (Å²) in [5, 5.41) is 9.34. The van der Waals surface area contributed by atoms with Gasteiger partial charge in [0.2, 0.25) is 0 Å². The van der Waals surface area contributed by atoms with Gasteiger partial charge in [-0.25, -0.2) is 0 Å². The predicted molar refractivity (Wildman–Crippen MR) is 79.5 cm³/mol. The number of nitriles is 1. The van der Waals surface area contributed by atoms with Gasteiger partial charge in [-0.1, -0.05) is 42.5 Å². The zero-order valence-electron chi connectivity index (χ0n) is 11.5. The smallest absolute Gasteiger partial charge is 0.167 e. The lowest BCUT2D eigenvalue weighted by Gasteiger charge is -2.10. The molecule has 0 spiro atoms.